The third-order valence-corrected chi connectivity index (χ3v) is 5.39. The largest absolute Gasteiger partial charge is 0.493 e. The molecule has 0 saturated carbocycles. The summed E-state index contributed by atoms with van der Waals surface area (Å²) in [6, 6.07) is 19.5. The normalized spacial score (nSPS) is 12.4. The maximum absolute atomic E-state index is 13.2. The topological polar surface area (TPSA) is 73.6 Å². The number of fused-ring (bicyclic) bond motifs is 1. The summed E-state index contributed by atoms with van der Waals surface area (Å²) in [6.07, 6.45) is 0. The van der Waals surface area contributed by atoms with Crippen LogP contribution in [0.3, 0.4) is 0 Å². The number of benzene rings is 3. The van der Waals surface area contributed by atoms with Crippen molar-refractivity contribution in [2.24, 2.45) is 5.73 Å². The molecule has 0 aliphatic carbocycles. The van der Waals surface area contributed by atoms with E-state index in [2.05, 4.69) is 29.6 Å². The minimum absolute atomic E-state index is 0.103. The number of ether oxygens (including phenoxy) is 2. The van der Waals surface area contributed by atoms with E-state index in [1.165, 1.54) is 0 Å². The van der Waals surface area contributed by atoms with Crippen LogP contribution >= 0.6 is 0 Å². The number of amides is 1. The predicted octanol–water partition coefficient (Wildman–Crippen LogP) is 3.95. The molecule has 1 amide bonds. The predicted molar refractivity (Wildman–Crippen MR) is 116 cm³/mol. The summed E-state index contributed by atoms with van der Waals surface area (Å²) in [5, 5.41) is 5.40. The fourth-order valence-corrected chi connectivity index (χ4v) is 3.40. The van der Waals surface area contributed by atoms with Gasteiger partial charge in [0.1, 0.15) is 0 Å². The molecule has 3 aromatic rings. The molecule has 0 aliphatic rings. The first-order valence-electron chi connectivity index (χ1n) is 9.63. The lowest BCUT2D eigenvalue weighted by Crippen LogP contribution is -2.43. The van der Waals surface area contributed by atoms with E-state index < -0.39 is 5.41 Å². The number of rotatable bonds is 7. The zero-order valence-electron chi connectivity index (χ0n) is 17.4. The molecular weight excluding hydrogens is 364 g/mol. The van der Waals surface area contributed by atoms with Crippen molar-refractivity contribution in [1.82, 2.24) is 5.32 Å². The van der Waals surface area contributed by atoms with E-state index >= 15 is 0 Å². The van der Waals surface area contributed by atoms with Crippen molar-refractivity contribution in [3.8, 4) is 11.5 Å². The van der Waals surface area contributed by atoms with Crippen molar-refractivity contribution in [3.63, 3.8) is 0 Å². The lowest BCUT2D eigenvalue weighted by molar-refractivity contribution is -0.126. The molecule has 0 radical (unpaired) electrons. The molecule has 29 heavy (non-hydrogen) atoms. The van der Waals surface area contributed by atoms with Crippen LogP contribution in [0.2, 0.25) is 0 Å². The van der Waals surface area contributed by atoms with E-state index in [0.29, 0.717) is 18.0 Å². The van der Waals surface area contributed by atoms with Gasteiger partial charge in [-0.15, -0.1) is 0 Å². The van der Waals surface area contributed by atoms with Gasteiger partial charge >= 0.3 is 0 Å². The fraction of sp³-hybridized carbons (Fsp3) is 0.292. The van der Waals surface area contributed by atoms with Gasteiger partial charge in [-0.3, -0.25) is 4.79 Å². The molecule has 3 N–H and O–H groups in total. The van der Waals surface area contributed by atoms with E-state index in [1.54, 1.807) is 14.2 Å². The molecule has 0 fully saturated rings. The summed E-state index contributed by atoms with van der Waals surface area (Å²) in [5.74, 6) is 1.12. The van der Waals surface area contributed by atoms with Gasteiger partial charge in [-0.2, -0.15) is 0 Å². The van der Waals surface area contributed by atoms with Crippen molar-refractivity contribution < 1.29 is 14.3 Å². The van der Waals surface area contributed by atoms with Crippen molar-refractivity contribution in [2.75, 3.05) is 20.8 Å². The second-order valence-corrected chi connectivity index (χ2v) is 7.56. The van der Waals surface area contributed by atoms with Gasteiger partial charge in [0.2, 0.25) is 5.91 Å². The molecule has 0 saturated heterocycles. The molecule has 0 heterocycles. The summed E-state index contributed by atoms with van der Waals surface area (Å²) in [5.41, 5.74) is 7.06. The number of methoxy groups -OCH3 is 2. The van der Waals surface area contributed by atoms with Crippen molar-refractivity contribution in [1.29, 1.82) is 0 Å². The number of nitrogens with two attached hydrogens (primary N) is 1. The van der Waals surface area contributed by atoms with Gasteiger partial charge in [0.25, 0.3) is 0 Å². The Balaban J connectivity index is 1.85. The fourth-order valence-electron chi connectivity index (χ4n) is 3.40. The van der Waals surface area contributed by atoms with Crippen LogP contribution in [0.25, 0.3) is 10.8 Å². The van der Waals surface area contributed by atoms with E-state index in [0.717, 1.165) is 21.9 Å². The number of carbonyl (C=O) groups excluding carboxylic acids is 1. The van der Waals surface area contributed by atoms with Crippen LogP contribution in [0.5, 0.6) is 11.5 Å². The Kier molecular flexibility index (Phi) is 6.09. The van der Waals surface area contributed by atoms with Gasteiger partial charge in [-0.1, -0.05) is 42.5 Å². The number of carbonyl (C=O) groups is 1. The van der Waals surface area contributed by atoms with E-state index in [9.17, 15) is 4.79 Å². The molecule has 1 atom stereocenters. The van der Waals surface area contributed by atoms with Crippen LogP contribution in [0.15, 0.2) is 60.7 Å². The summed E-state index contributed by atoms with van der Waals surface area (Å²) in [7, 11) is 3.17. The maximum Gasteiger partial charge on any atom is 0.230 e. The number of hydrogen-bond acceptors (Lipinski definition) is 4. The van der Waals surface area contributed by atoms with Crippen LogP contribution in [0.4, 0.5) is 0 Å². The van der Waals surface area contributed by atoms with Crippen molar-refractivity contribution in [2.45, 2.75) is 25.3 Å². The molecule has 0 spiro atoms. The quantitative estimate of drug-likeness (QED) is 0.638. The summed E-state index contributed by atoms with van der Waals surface area (Å²) in [6.45, 7) is 4.08. The van der Waals surface area contributed by atoms with E-state index in [-0.39, 0.29) is 11.9 Å². The van der Waals surface area contributed by atoms with Crippen LogP contribution in [0.1, 0.15) is 31.0 Å². The Hall–Kier alpha value is -3.05. The minimum Gasteiger partial charge on any atom is -0.493 e. The van der Waals surface area contributed by atoms with Crippen molar-refractivity contribution >= 4 is 16.7 Å². The molecule has 0 bridgehead atoms. The summed E-state index contributed by atoms with van der Waals surface area (Å²) in [4.78, 5) is 13.2. The van der Waals surface area contributed by atoms with Crippen LogP contribution < -0.4 is 20.5 Å². The van der Waals surface area contributed by atoms with Crippen LogP contribution in [-0.2, 0) is 10.2 Å². The zero-order chi connectivity index (χ0) is 21.0. The first-order chi connectivity index (χ1) is 13.9. The SMILES string of the molecule is COc1ccc(C(C)(C)C(=O)NC(CN)c2ccc3ccccc3c2)cc1OC. The highest BCUT2D eigenvalue weighted by Crippen LogP contribution is 2.33. The van der Waals surface area contributed by atoms with Gasteiger partial charge in [0.05, 0.1) is 25.7 Å². The zero-order valence-corrected chi connectivity index (χ0v) is 17.4. The molecule has 3 aromatic carbocycles. The Morgan fingerprint density at radius 1 is 0.966 bits per heavy atom. The third kappa shape index (κ3) is 4.20. The number of hydrogen-bond donors (Lipinski definition) is 2. The molecule has 0 aromatic heterocycles. The van der Waals surface area contributed by atoms with Crippen LogP contribution in [-0.4, -0.2) is 26.7 Å². The van der Waals surface area contributed by atoms with E-state index in [1.807, 2.05) is 50.2 Å². The summed E-state index contributed by atoms with van der Waals surface area (Å²) >= 11 is 0. The number of nitrogens with one attached hydrogen (secondary N) is 1. The monoisotopic (exact) mass is 392 g/mol. The average molecular weight is 392 g/mol. The third-order valence-electron chi connectivity index (χ3n) is 5.39. The highest BCUT2D eigenvalue weighted by molar-refractivity contribution is 5.88. The first kappa shape index (κ1) is 20.7. The Bertz CT molecular complexity index is 1010. The average Bonchev–Trinajstić information content (AvgIpc) is 2.76. The van der Waals surface area contributed by atoms with Gasteiger partial charge < -0.3 is 20.5 Å². The molecular formula is C24H28N2O3. The minimum atomic E-state index is -0.774. The lowest BCUT2D eigenvalue weighted by atomic mass is 9.83. The molecule has 5 heteroatoms. The van der Waals surface area contributed by atoms with Gasteiger partial charge in [0, 0.05) is 6.54 Å². The highest BCUT2D eigenvalue weighted by Gasteiger charge is 2.32. The molecule has 5 nitrogen and oxygen atoms in total. The van der Waals surface area contributed by atoms with Gasteiger partial charge in [0.15, 0.2) is 11.5 Å². The highest BCUT2D eigenvalue weighted by atomic mass is 16.5. The Morgan fingerprint density at radius 3 is 2.31 bits per heavy atom. The second-order valence-electron chi connectivity index (χ2n) is 7.56. The maximum atomic E-state index is 13.2. The second kappa shape index (κ2) is 8.53. The molecule has 1 unspecified atom stereocenters. The standard InChI is InChI=1S/C24H28N2O3/c1-24(2,19-11-12-21(28-3)22(14-19)29-4)23(27)26-20(15-25)18-10-9-16-7-5-6-8-17(16)13-18/h5-14,20H,15,25H2,1-4H3,(H,26,27). The van der Waals surface area contributed by atoms with Gasteiger partial charge in [-0.25, -0.2) is 0 Å². The lowest BCUT2D eigenvalue weighted by Gasteiger charge is -2.28. The molecule has 0 aliphatic heterocycles. The molecule has 3 rings (SSSR count). The Morgan fingerprint density at radius 2 is 1.66 bits per heavy atom. The first-order valence-corrected chi connectivity index (χ1v) is 9.63. The summed E-state index contributed by atoms with van der Waals surface area (Å²) < 4.78 is 10.7. The van der Waals surface area contributed by atoms with Crippen molar-refractivity contribution in [3.05, 3.63) is 71.8 Å². The molecule has 152 valence electrons. The van der Waals surface area contributed by atoms with Crippen LogP contribution in [0, 0.1) is 0 Å². The van der Waals surface area contributed by atoms with E-state index in [4.69, 9.17) is 15.2 Å². The Labute approximate surface area is 171 Å². The smallest absolute Gasteiger partial charge is 0.230 e. The van der Waals surface area contributed by atoms with Gasteiger partial charge in [-0.05, 0) is 53.9 Å².